The van der Waals surface area contributed by atoms with E-state index in [0.717, 1.165) is 57.8 Å². The number of hydrogen-bond donors (Lipinski definition) is 1. The predicted molar refractivity (Wildman–Crippen MR) is 183 cm³/mol. The van der Waals surface area contributed by atoms with Gasteiger partial charge in [0.2, 0.25) is 0 Å². The fraction of sp³-hybridized carbons (Fsp3) is 0.306. The third-order valence-electron chi connectivity index (χ3n) is 8.76. The molecular formula is C36H37F2N9O. The van der Waals surface area contributed by atoms with Gasteiger partial charge in [0.05, 0.1) is 25.0 Å². The first-order chi connectivity index (χ1) is 23.1. The minimum atomic E-state index is -2.72. The van der Waals surface area contributed by atoms with Crippen molar-refractivity contribution in [2.45, 2.75) is 51.5 Å². The Hall–Kier alpha value is -5.39. The highest BCUT2D eigenvalue weighted by atomic mass is 19.3. The van der Waals surface area contributed by atoms with E-state index < -0.39 is 6.43 Å². The second-order valence-electron chi connectivity index (χ2n) is 12.6. The molecule has 48 heavy (non-hydrogen) atoms. The first-order valence-electron chi connectivity index (χ1n) is 15.9. The van der Waals surface area contributed by atoms with Gasteiger partial charge in [-0.15, -0.1) is 0 Å². The minimum Gasteiger partial charge on any atom is -0.497 e. The minimum absolute atomic E-state index is 0.147. The number of imidazole rings is 1. The van der Waals surface area contributed by atoms with Gasteiger partial charge in [0.1, 0.15) is 17.3 Å². The van der Waals surface area contributed by atoms with E-state index in [2.05, 4.69) is 46.7 Å². The monoisotopic (exact) mass is 649 g/mol. The molecule has 10 nitrogen and oxygen atoms in total. The molecule has 0 unspecified atom stereocenters. The second kappa shape index (κ2) is 12.3. The van der Waals surface area contributed by atoms with Crippen LogP contribution in [0, 0.1) is 0 Å². The van der Waals surface area contributed by atoms with Crippen LogP contribution in [0.25, 0.3) is 33.7 Å². The topological polar surface area (TPSA) is 114 Å². The number of alkyl halides is 2. The van der Waals surface area contributed by atoms with E-state index in [1.54, 1.807) is 36.2 Å². The Bertz CT molecular complexity index is 2150. The largest absolute Gasteiger partial charge is 0.497 e. The number of aliphatic imine (C=N–C) groups is 1. The molecule has 0 amide bonds. The van der Waals surface area contributed by atoms with E-state index in [0.29, 0.717) is 28.6 Å². The van der Waals surface area contributed by atoms with Crippen LogP contribution in [0.15, 0.2) is 65.8 Å². The maximum Gasteiger partial charge on any atom is 0.280 e. The van der Waals surface area contributed by atoms with Crippen LogP contribution in [-0.2, 0) is 20.6 Å². The number of fused-ring (bicyclic) bond motifs is 1. The Balaban J connectivity index is 1.29. The molecule has 7 rings (SSSR count). The van der Waals surface area contributed by atoms with Crippen molar-refractivity contribution in [3.05, 3.63) is 89.0 Å². The highest BCUT2D eigenvalue weighted by Gasteiger charge is 2.33. The van der Waals surface area contributed by atoms with Crippen LogP contribution in [0.3, 0.4) is 0 Å². The third kappa shape index (κ3) is 5.82. The van der Waals surface area contributed by atoms with Crippen molar-refractivity contribution in [3.63, 3.8) is 0 Å². The SMILES string of the molecule is COc1ccc(Cn2nc(N=Cc3c(N)cccc3-c3nc(-c4cc5cn(C)nc5nc4C(C)C)n(C)c3C3CC3)cc2C(F)F)cc1. The van der Waals surface area contributed by atoms with E-state index in [1.165, 1.54) is 10.7 Å². The van der Waals surface area contributed by atoms with Gasteiger partial charge < -0.3 is 15.0 Å². The lowest BCUT2D eigenvalue weighted by atomic mass is 10.0. The summed E-state index contributed by atoms with van der Waals surface area (Å²) >= 11 is 0. The molecule has 2 aromatic carbocycles. The number of methoxy groups -OCH3 is 1. The molecule has 1 aliphatic rings. The number of nitrogens with two attached hydrogens (primary N) is 1. The average Bonchev–Trinajstić information content (AvgIpc) is 3.56. The molecule has 246 valence electrons. The molecule has 0 radical (unpaired) electrons. The highest BCUT2D eigenvalue weighted by molar-refractivity contribution is 5.97. The number of aryl methyl sites for hydroxylation is 1. The van der Waals surface area contributed by atoms with Crippen LogP contribution in [-0.4, -0.2) is 47.4 Å². The summed E-state index contributed by atoms with van der Waals surface area (Å²) in [4.78, 5) is 14.8. The molecule has 12 heteroatoms. The van der Waals surface area contributed by atoms with Crippen LogP contribution in [0.5, 0.6) is 5.75 Å². The number of benzene rings is 2. The Morgan fingerprint density at radius 2 is 1.79 bits per heavy atom. The summed E-state index contributed by atoms with van der Waals surface area (Å²) in [6.07, 6.45) is 2.98. The van der Waals surface area contributed by atoms with Crippen LogP contribution in [0.2, 0.25) is 0 Å². The zero-order chi connectivity index (χ0) is 33.7. The summed E-state index contributed by atoms with van der Waals surface area (Å²) in [6.45, 7) is 4.41. The first kappa shape index (κ1) is 31.2. The zero-order valence-corrected chi connectivity index (χ0v) is 27.5. The van der Waals surface area contributed by atoms with Gasteiger partial charge in [-0.1, -0.05) is 38.1 Å². The zero-order valence-electron chi connectivity index (χ0n) is 27.5. The number of nitrogens with zero attached hydrogens (tertiary/aromatic N) is 8. The van der Waals surface area contributed by atoms with E-state index >= 15 is 0 Å². The second-order valence-corrected chi connectivity index (χ2v) is 12.6. The maximum absolute atomic E-state index is 14.1. The molecule has 4 heterocycles. The normalized spacial score (nSPS) is 13.5. The smallest absolute Gasteiger partial charge is 0.280 e. The number of pyridine rings is 1. The first-order valence-corrected chi connectivity index (χ1v) is 15.9. The van der Waals surface area contributed by atoms with Gasteiger partial charge in [-0.3, -0.25) is 9.36 Å². The van der Waals surface area contributed by atoms with E-state index in [4.69, 9.17) is 20.4 Å². The standard InChI is InChI=1S/C36H37F2N9O/c1-20(2)31-26(15-23-19-45(3)44-35(23)41-31)36-42-32(33(46(36)4)22-11-12-22)25-7-6-8-28(39)27(25)17-40-30-16-29(34(37)38)47(43-30)18-21-9-13-24(48-5)14-10-21/h6-10,13-17,19-20,22,34H,11-12,18,39H2,1-5H3. The van der Waals surface area contributed by atoms with E-state index in [-0.39, 0.29) is 24.0 Å². The fourth-order valence-electron chi connectivity index (χ4n) is 6.23. The molecule has 1 fully saturated rings. The van der Waals surface area contributed by atoms with Crippen molar-refractivity contribution in [3.8, 4) is 28.4 Å². The quantitative estimate of drug-likeness (QED) is 0.121. The molecule has 4 aromatic heterocycles. The summed E-state index contributed by atoms with van der Waals surface area (Å²) in [6, 6.07) is 16.3. The van der Waals surface area contributed by atoms with Crippen molar-refractivity contribution in [2.24, 2.45) is 19.1 Å². The highest BCUT2D eigenvalue weighted by Crippen LogP contribution is 2.47. The van der Waals surface area contributed by atoms with Crippen molar-refractivity contribution < 1.29 is 13.5 Å². The van der Waals surface area contributed by atoms with Gasteiger partial charge in [-0.05, 0) is 48.6 Å². The van der Waals surface area contributed by atoms with E-state index in [9.17, 15) is 8.78 Å². The lowest BCUT2D eigenvalue weighted by Gasteiger charge is -2.12. The Kier molecular flexibility index (Phi) is 8.02. The Morgan fingerprint density at radius 1 is 1.02 bits per heavy atom. The molecule has 0 bridgehead atoms. The van der Waals surface area contributed by atoms with Gasteiger partial charge in [0, 0.05) is 71.9 Å². The molecular weight excluding hydrogens is 612 g/mol. The average molecular weight is 650 g/mol. The number of nitrogen functional groups attached to an aromatic ring is 1. The van der Waals surface area contributed by atoms with Gasteiger partial charge in [0.25, 0.3) is 6.43 Å². The van der Waals surface area contributed by atoms with Gasteiger partial charge in [-0.25, -0.2) is 23.7 Å². The number of halogens is 2. The summed E-state index contributed by atoms with van der Waals surface area (Å²) in [7, 11) is 5.52. The Morgan fingerprint density at radius 3 is 2.48 bits per heavy atom. The van der Waals surface area contributed by atoms with Crippen molar-refractivity contribution in [1.82, 2.24) is 34.1 Å². The number of ether oxygens (including phenoxy) is 1. The fourth-order valence-corrected chi connectivity index (χ4v) is 6.23. The van der Waals surface area contributed by atoms with Gasteiger partial charge in [-0.2, -0.15) is 10.2 Å². The Labute approximate surface area is 276 Å². The molecule has 1 saturated carbocycles. The molecule has 2 N–H and O–H groups in total. The van der Waals surface area contributed by atoms with Gasteiger partial charge >= 0.3 is 0 Å². The molecule has 0 aliphatic heterocycles. The lowest BCUT2D eigenvalue weighted by Crippen LogP contribution is -2.06. The number of anilines is 1. The van der Waals surface area contributed by atoms with Crippen molar-refractivity contribution in [2.75, 3.05) is 12.8 Å². The number of aromatic nitrogens is 7. The van der Waals surface area contributed by atoms with Crippen LogP contribution < -0.4 is 10.5 Å². The van der Waals surface area contributed by atoms with Crippen LogP contribution >= 0.6 is 0 Å². The molecule has 0 saturated heterocycles. The molecule has 0 spiro atoms. The van der Waals surface area contributed by atoms with Gasteiger partial charge in [0.15, 0.2) is 11.5 Å². The summed E-state index contributed by atoms with van der Waals surface area (Å²) in [5.41, 5.74) is 13.6. The molecule has 1 aliphatic carbocycles. The number of hydrogen-bond acceptors (Lipinski definition) is 7. The maximum atomic E-state index is 14.1. The summed E-state index contributed by atoms with van der Waals surface area (Å²) < 4.78 is 38.6. The van der Waals surface area contributed by atoms with Crippen LogP contribution in [0.1, 0.15) is 73.2 Å². The van der Waals surface area contributed by atoms with Crippen LogP contribution in [0.4, 0.5) is 20.3 Å². The summed E-state index contributed by atoms with van der Waals surface area (Å²) in [5.74, 6) is 2.17. The predicted octanol–water partition coefficient (Wildman–Crippen LogP) is 7.56. The third-order valence-corrected chi connectivity index (χ3v) is 8.76. The summed E-state index contributed by atoms with van der Waals surface area (Å²) in [5, 5.41) is 9.89. The van der Waals surface area contributed by atoms with E-state index in [1.807, 2.05) is 37.5 Å². The lowest BCUT2D eigenvalue weighted by molar-refractivity contribution is 0.139. The molecule has 0 atom stereocenters. The number of rotatable bonds is 10. The van der Waals surface area contributed by atoms with Crippen molar-refractivity contribution >= 4 is 28.8 Å². The van der Waals surface area contributed by atoms with Crippen molar-refractivity contribution in [1.29, 1.82) is 0 Å². The molecule has 6 aromatic rings.